The Morgan fingerprint density at radius 3 is 2.62 bits per heavy atom. The topological polar surface area (TPSA) is 40.5 Å². The van der Waals surface area contributed by atoms with Crippen LogP contribution >= 0.6 is 0 Å². The number of phenols is 1. The Morgan fingerprint density at radius 2 is 1.85 bits per heavy atom. The lowest BCUT2D eigenvalue weighted by Crippen LogP contribution is -1.85. The molecule has 0 aromatic heterocycles. The van der Waals surface area contributed by atoms with Crippen molar-refractivity contribution in [3.63, 3.8) is 0 Å². The van der Waals surface area contributed by atoms with Gasteiger partial charge in [0.2, 0.25) is 0 Å². The average Bonchev–Trinajstić information content (AvgIpc) is 2.16. The fourth-order valence-electron chi connectivity index (χ4n) is 1.50. The van der Waals surface area contributed by atoms with Gasteiger partial charge in [-0.3, -0.25) is 0 Å². The molecule has 2 aromatic carbocycles. The lowest BCUT2D eigenvalue weighted by molar-refractivity contribution is 0.282. The zero-order chi connectivity index (χ0) is 9.26. The summed E-state index contributed by atoms with van der Waals surface area (Å²) < 4.78 is 0. The average molecular weight is 174 g/mol. The molecule has 2 rings (SSSR count). The van der Waals surface area contributed by atoms with Crippen LogP contribution in [-0.4, -0.2) is 10.2 Å². The Bertz CT molecular complexity index is 435. The Labute approximate surface area is 76.1 Å². The van der Waals surface area contributed by atoms with Gasteiger partial charge in [-0.2, -0.15) is 0 Å². The van der Waals surface area contributed by atoms with E-state index in [0.29, 0.717) is 0 Å². The summed E-state index contributed by atoms with van der Waals surface area (Å²) in [5.74, 6) is 0.197. The highest BCUT2D eigenvalue weighted by Gasteiger charge is 2.01. The zero-order valence-electron chi connectivity index (χ0n) is 7.07. The number of hydrogen-bond donors (Lipinski definition) is 2. The third kappa shape index (κ3) is 1.36. The number of hydrogen-bond acceptors (Lipinski definition) is 2. The number of fused-ring (bicyclic) bond motifs is 1. The first kappa shape index (κ1) is 8.08. The fraction of sp³-hybridized carbons (Fsp3) is 0.0909. The normalized spacial score (nSPS) is 10.5. The summed E-state index contributed by atoms with van der Waals surface area (Å²) in [5, 5.41) is 20.3. The van der Waals surface area contributed by atoms with E-state index in [1.165, 1.54) is 0 Å². The van der Waals surface area contributed by atoms with Crippen LogP contribution in [0.25, 0.3) is 10.8 Å². The van der Waals surface area contributed by atoms with E-state index in [1.54, 1.807) is 12.1 Å². The van der Waals surface area contributed by atoms with E-state index in [0.717, 1.165) is 16.3 Å². The third-order valence-corrected chi connectivity index (χ3v) is 2.10. The predicted molar refractivity (Wildman–Crippen MR) is 51.5 cm³/mol. The highest BCUT2D eigenvalue weighted by Crippen LogP contribution is 2.24. The summed E-state index contributed by atoms with van der Waals surface area (Å²) in [7, 11) is 0. The molecule has 0 fully saturated rings. The second-order valence-electron chi connectivity index (χ2n) is 2.98. The Morgan fingerprint density at radius 1 is 1.08 bits per heavy atom. The van der Waals surface area contributed by atoms with E-state index in [4.69, 9.17) is 5.11 Å². The molecular formula is C11H10O2. The van der Waals surface area contributed by atoms with Crippen LogP contribution in [0.3, 0.4) is 0 Å². The molecular weight excluding hydrogens is 164 g/mol. The van der Waals surface area contributed by atoms with Crippen molar-refractivity contribution in [3.8, 4) is 5.75 Å². The van der Waals surface area contributed by atoms with Gasteiger partial charge in [0.25, 0.3) is 0 Å². The maximum Gasteiger partial charge on any atom is 0.116 e. The predicted octanol–water partition coefficient (Wildman–Crippen LogP) is 2.04. The number of aliphatic hydroxyl groups is 1. The third-order valence-electron chi connectivity index (χ3n) is 2.10. The Balaban J connectivity index is 2.81. The number of aliphatic hydroxyl groups excluding tert-OH is 1. The fourth-order valence-corrected chi connectivity index (χ4v) is 1.50. The molecule has 2 heteroatoms. The summed E-state index contributed by atoms with van der Waals surface area (Å²) in [6, 6.07) is 10.9. The van der Waals surface area contributed by atoms with Crippen LogP contribution in [-0.2, 0) is 6.61 Å². The Kier molecular flexibility index (Phi) is 1.91. The maximum absolute atomic E-state index is 9.33. The first-order chi connectivity index (χ1) is 6.31. The van der Waals surface area contributed by atoms with Crippen LogP contribution in [0.5, 0.6) is 5.75 Å². The molecule has 0 atom stereocenters. The monoisotopic (exact) mass is 174 g/mol. The van der Waals surface area contributed by atoms with Gasteiger partial charge in [0.05, 0.1) is 6.61 Å². The van der Waals surface area contributed by atoms with Crippen LogP contribution in [0.2, 0.25) is 0 Å². The van der Waals surface area contributed by atoms with Crippen molar-refractivity contribution < 1.29 is 10.2 Å². The summed E-state index contributed by atoms with van der Waals surface area (Å²) in [5.41, 5.74) is 0.760. The van der Waals surface area contributed by atoms with E-state index >= 15 is 0 Å². The number of aromatic hydroxyl groups is 1. The highest BCUT2D eigenvalue weighted by atomic mass is 16.3. The van der Waals surface area contributed by atoms with Gasteiger partial charge in [0, 0.05) is 0 Å². The molecule has 0 amide bonds. The van der Waals surface area contributed by atoms with Crippen molar-refractivity contribution in [2.45, 2.75) is 6.61 Å². The minimum atomic E-state index is -0.0467. The van der Waals surface area contributed by atoms with Gasteiger partial charge < -0.3 is 10.2 Å². The molecule has 0 spiro atoms. The molecule has 0 heterocycles. The first-order valence-electron chi connectivity index (χ1n) is 4.13. The molecule has 2 N–H and O–H groups in total. The van der Waals surface area contributed by atoms with Crippen LogP contribution in [0, 0.1) is 0 Å². The van der Waals surface area contributed by atoms with Gasteiger partial charge in [-0.15, -0.1) is 0 Å². The van der Waals surface area contributed by atoms with E-state index in [9.17, 15) is 5.11 Å². The molecule has 0 saturated heterocycles. The molecule has 0 aliphatic rings. The summed E-state index contributed by atoms with van der Waals surface area (Å²) in [4.78, 5) is 0. The number of rotatable bonds is 1. The molecule has 0 aliphatic heterocycles. The van der Waals surface area contributed by atoms with Gasteiger partial charge in [-0.1, -0.05) is 24.3 Å². The molecule has 2 aromatic rings. The van der Waals surface area contributed by atoms with Crippen molar-refractivity contribution in [2.24, 2.45) is 0 Å². The lowest BCUT2D eigenvalue weighted by atomic mass is 10.0. The Hall–Kier alpha value is -1.54. The van der Waals surface area contributed by atoms with Gasteiger partial charge in [0.15, 0.2) is 0 Å². The molecule has 0 aliphatic carbocycles. The number of benzene rings is 2. The van der Waals surface area contributed by atoms with E-state index < -0.39 is 0 Å². The van der Waals surface area contributed by atoms with Crippen molar-refractivity contribution in [3.05, 3.63) is 42.0 Å². The van der Waals surface area contributed by atoms with Crippen molar-refractivity contribution in [2.75, 3.05) is 0 Å². The van der Waals surface area contributed by atoms with E-state index in [2.05, 4.69) is 0 Å². The van der Waals surface area contributed by atoms with Crippen molar-refractivity contribution >= 4 is 10.8 Å². The molecule has 13 heavy (non-hydrogen) atoms. The van der Waals surface area contributed by atoms with Crippen molar-refractivity contribution in [1.82, 2.24) is 0 Å². The zero-order valence-corrected chi connectivity index (χ0v) is 7.07. The minimum Gasteiger partial charge on any atom is -0.508 e. The van der Waals surface area contributed by atoms with Crippen LogP contribution < -0.4 is 0 Å². The molecule has 0 radical (unpaired) electrons. The summed E-state index contributed by atoms with van der Waals surface area (Å²) in [6.07, 6.45) is 0. The number of phenolic OH excluding ortho intramolecular Hbond substituents is 1. The summed E-state index contributed by atoms with van der Waals surface area (Å²) in [6.45, 7) is -0.0467. The molecule has 66 valence electrons. The van der Waals surface area contributed by atoms with E-state index in [-0.39, 0.29) is 12.4 Å². The molecule has 0 bridgehead atoms. The van der Waals surface area contributed by atoms with Gasteiger partial charge in [-0.25, -0.2) is 0 Å². The largest absolute Gasteiger partial charge is 0.508 e. The maximum atomic E-state index is 9.33. The van der Waals surface area contributed by atoms with Crippen LogP contribution in [0.1, 0.15) is 5.56 Å². The molecule has 0 unspecified atom stereocenters. The second kappa shape index (κ2) is 3.07. The van der Waals surface area contributed by atoms with Gasteiger partial charge >= 0.3 is 0 Å². The van der Waals surface area contributed by atoms with Crippen LogP contribution in [0.15, 0.2) is 36.4 Å². The van der Waals surface area contributed by atoms with E-state index in [1.807, 2.05) is 24.3 Å². The SMILES string of the molecule is OCc1cc(O)cc2ccccc12. The lowest BCUT2D eigenvalue weighted by Gasteiger charge is -2.04. The standard InChI is InChI=1S/C11H10O2/c12-7-9-6-10(13)5-8-3-1-2-4-11(8)9/h1-6,12-13H,7H2. The first-order valence-corrected chi connectivity index (χ1v) is 4.13. The molecule has 0 saturated carbocycles. The minimum absolute atomic E-state index is 0.0467. The highest BCUT2D eigenvalue weighted by molar-refractivity contribution is 5.86. The second-order valence-corrected chi connectivity index (χ2v) is 2.98. The quantitative estimate of drug-likeness (QED) is 0.694. The van der Waals surface area contributed by atoms with Gasteiger partial charge in [0.1, 0.15) is 5.75 Å². The summed E-state index contributed by atoms with van der Waals surface area (Å²) >= 11 is 0. The molecule has 2 nitrogen and oxygen atoms in total. The smallest absolute Gasteiger partial charge is 0.116 e. The van der Waals surface area contributed by atoms with Crippen molar-refractivity contribution in [1.29, 1.82) is 0 Å². The van der Waals surface area contributed by atoms with Crippen LogP contribution in [0.4, 0.5) is 0 Å². The van der Waals surface area contributed by atoms with Gasteiger partial charge in [-0.05, 0) is 28.5 Å².